The third kappa shape index (κ3) is 12.3. The average Bonchev–Trinajstić information content (AvgIpc) is 4.18. The van der Waals surface area contributed by atoms with Crippen LogP contribution >= 0.6 is 0 Å². The number of nitrogens with zero attached hydrogens (tertiary/aromatic N) is 5. The van der Waals surface area contributed by atoms with Crippen molar-refractivity contribution >= 4 is 34.3 Å². The van der Waals surface area contributed by atoms with Crippen molar-refractivity contribution in [2.45, 2.75) is 149 Å². The zero-order valence-corrected chi connectivity index (χ0v) is 43.8. The number of methoxy groups -OCH3 is 1. The van der Waals surface area contributed by atoms with Gasteiger partial charge in [-0.15, -0.1) is 6.42 Å². The number of hydrogen-bond donors (Lipinski definition) is 5. The Hall–Kier alpha value is -5.39. The molecule has 9 rings (SSSR count). The van der Waals surface area contributed by atoms with Gasteiger partial charge in [-0.1, -0.05) is 90.9 Å². The molecule has 5 aliphatic rings. The van der Waals surface area contributed by atoms with E-state index in [9.17, 15) is 9.59 Å². The first kappa shape index (κ1) is 51.9. The standard InChI is InChI=1S/C30H40N6O.C28H40N4O2/c1-5-23-21-31-27(32-23)28(37)33-24-9-10-25(34-26(24)22-11-15-29(3,4)16-12-22)30(13-7-8-14-30)36-19-17-35(6-2)18-20-36;1-20-19-29-25(31-20)26(33)32-24-9-8-22(18-23(24)21-10-14-27(2,3)15-11-21)28(30-16-17-34-4)12-6-5-7-13-28/h1,9-11,21H,6-8,12-20H2,2-4H3,(H,31,32)(H,33,37);8-10,18-19,30H,5-7,11-17H2,1-4H3,(H,29,31)(H,32,33). The Balaban J connectivity index is 0.000000191. The predicted octanol–water partition coefficient (Wildman–Crippen LogP) is 11.0. The Morgan fingerprint density at radius 1 is 0.775 bits per heavy atom. The van der Waals surface area contributed by atoms with Crippen LogP contribution in [0.15, 0.2) is 54.9 Å². The highest BCUT2D eigenvalue weighted by molar-refractivity contribution is 6.04. The van der Waals surface area contributed by atoms with Gasteiger partial charge in [0.25, 0.3) is 11.8 Å². The molecule has 380 valence electrons. The number of allylic oxidation sites excluding steroid dienone is 4. The lowest BCUT2D eigenvalue weighted by molar-refractivity contribution is 0.0313. The molecule has 0 atom stereocenters. The zero-order chi connectivity index (χ0) is 50.2. The van der Waals surface area contributed by atoms with Crippen LogP contribution in [-0.2, 0) is 15.8 Å². The topological polar surface area (TPSA) is 156 Å². The number of H-pyrrole nitrogens is 2. The second kappa shape index (κ2) is 22.6. The monoisotopic (exact) mass is 965 g/mol. The minimum atomic E-state index is -0.305. The summed E-state index contributed by atoms with van der Waals surface area (Å²) >= 11 is 0. The van der Waals surface area contributed by atoms with Gasteiger partial charge in [0.15, 0.2) is 11.6 Å². The summed E-state index contributed by atoms with van der Waals surface area (Å²) in [6.07, 6.45) is 30.4. The molecule has 71 heavy (non-hydrogen) atoms. The number of aryl methyl sites for hydroxylation is 1. The molecule has 2 saturated carbocycles. The van der Waals surface area contributed by atoms with Crippen molar-refractivity contribution in [3.63, 3.8) is 0 Å². The Morgan fingerprint density at radius 3 is 1.99 bits per heavy atom. The molecule has 13 heteroatoms. The van der Waals surface area contributed by atoms with Gasteiger partial charge in [0, 0.05) is 68.5 Å². The minimum absolute atomic E-state index is 0.0195. The number of benzene rings is 1. The summed E-state index contributed by atoms with van der Waals surface area (Å²) in [6, 6.07) is 10.8. The number of imidazole rings is 2. The van der Waals surface area contributed by atoms with E-state index in [2.05, 4.69) is 129 Å². The zero-order valence-electron chi connectivity index (χ0n) is 43.8. The molecule has 13 nitrogen and oxygen atoms in total. The summed E-state index contributed by atoms with van der Waals surface area (Å²) in [7, 11) is 1.75. The van der Waals surface area contributed by atoms with Crippen molar-refractivity contribution in [2.24, 2.45) is 10.8 Å². The van der Waals surface area contributed by atoms with E-state index in [-0.39, 0.29) is 34.1 Å². The second-order valence-corrected chi connectivity index (χ2v) is 22.4. The van der Waals surface area contributed by atoms with E-state index < -0.39 is 0 Å². The lowest BCUT2D eigenvalue weighted by Gasteiger charge is -2.46. The Morgan fingerprint density at radius 2 is 1.39 bits per heavy atom. The number of nitrogens with one attached hydrogen (secondary N) is 5. The maximum Gasteiger partial charge on any atom is 0.291 e. The number of anilines is 2. The highest BCUT2D eigenvalue weighted by Crippen LogP contribution is 2.47. The Kier molecular flexibility index (Phi) is 16.5. The lowest BCUT2D eigenvalue weighted by Crippen LogP contribution is -2.54. The molecular formula is C58H80N10O3. The van der Waals surface area contributed by atoms with Crippen LogP contribution in [-0.4, -0.2) is 99.5 Å². The molecule has 2 amide bonds. The maximum absolute atomic E-state index is 13.1. The summed E-state index contributed by atoms with van der Waals surface area (Å²) in [4.78, 5) is 50.9. The summed E-state index contributed by atoms with van der Waals surface area (Å²) < 4.78 is 5.33. The third-order valence-electron chi connectivity index (χ3n) is 16.2. The first-order valence-electron chi connectivity index (χ1n) is 26.6. The molecule has 5 N–H and O–H groups in total. The molecular weight excluding hydrogens is 885 g/mol. The van der Waals surface area contributed by atoms with Gasteiger partial charge in [-0.05, 0) is 129 Å². The number of carbonyl (C=O) groups is 2. The fourth-order valence-electron chi connectivity index (χ4n) is 11.6. The van der Waals surface area contributed by atoms with Crippen LogP contribution in [0.5, 0.6) is 0 Å². The molecule has 3 aromatic heterocycles. The highest BCUT2D eigenvalue weighted by atomic mass is 16.5. The minimum Gasteiger partial charge on any atom is -0.383 e. The molecule has 3 fully saturated rings. The lowest BCUT2D eigenvalue weighted by atomic mass is 9.74. The van der Waals surface area contributed by atoms with Gasteiger partial charge in [-0.25, -0.2) is 15.0 Å². The van der Waals surface area contributed by atoms with Crippen LogP contribution in [0.25, 0.3) is 11.1 Å². The summed E-state index contributed by atoms with van der Waals surface area (Å²) in [5, 5.41) is 10.1. The van der Waals surface area contributed by atoms with Gasteiger partial charge >= 0.3 is 0 Å². The van der Waals surface area contributed by atoms with Crippen molar-refractivity contribution in [3.05, 3.63) is 100 Å². The normalized spacial score (nSPS) is 20.7. The number of aromatic amines is 2. The second-order valence-electron chi connectivity index (χ2n) is 22.4. The number of ether oxygens (including phenoxy) is 1. The van der Waals surface area contributed by atoms with Gasteiger partial charge in [0.05, 0.1) is 35.4 Å². The fraction of sp³-hybridized carbons (Fsp3) is 0.569. The molecule has 0 unspecified atom stereocenters. The van der Waals surface area contributed by atoms with E-state index in [1.54, 1.807) is 13.3 Å². The largest absolute Gasteiger partial charge is 0.383 e. The molecule has 4 aliphatic carbocycles. The third-order valence-corrected chi connectivity index (χ3v) is 16.2. The van der Waals surface area contributed by atoms with Crippen molar-refractivity contribution in [1.29, 1.82) is 0 Å². The van der Waals surface area contributed by atoms with Crippen LogP contribution in [0.3, 0.4) is 0 Å². The van der Waals surface area contributed by atoms with E-state index in [4.69, 9.17) is 16.1 Å². The number of carbonyl (C=O) groups excluding carboxylic acids is 2. The van der Waals surface area contributed by atoms with E-state index in [1.807, 2.05) is 6.92 Å². The van der Waals surface area contributed by atoms with Crippen molar-refractivity contribution < 1.29 is 14.3 Å². The van der Waals surface area contributed by atoms with E-state index in [1.165, 1.54) is 55.0 Å². The number of likely N-dealkylation sites (N-methyl/N-ethyl adjacent to an activating group) is 1. The Labute approximate surface area is 423 Å². The molecule has 4 heterocycles. The van der Waals surface area contributed by atoms with E-state index in [0.717, 1.165) is 137 Å². The molecule has 0 radical (unpaired) electrons. The molecule has 0 spiro atoms. The van der Waals surface area contributed by atoms with Crippen LogP contribution in [0.4, 0.5) is 11.4 Å². The number of piperazine rings is 1. The fourth-order valence-corrected chi connectivity index (χ4v) is 11.6. The number of aromatic nitrogens is 5. The van der Waals surface area contributed by atoms with Crippen LogP contribution in [0.2, 0.25) is 0 Å². The number of terminal acetylenes is 1. The summed E-state index contributed by atoms with van der Waals surface area (Å²) in [5.74, 6) is 2.54. The number of pyridine rings is 1. The van der Waals surface area contributed by atoms with Gasteiger partial charge in [-0.3, -0.25) is 14.5 Å². The van der Waals surface area contributed by atoms with Crippen LogP contribution < -0.4 is 16.0 Å². The van der Waals surface area contributed by atoms with E-state index >= 15 is 0 Å². The van der Waals surface area contributed by atoms with Crippen molar-refractivity contribution in [3.8, 4) is 12.3 Å². The first-order valence-corrected chi connectivity index (χ1v) is 26.6. The van der Waals surface area contributed by atoms with Gasteiger partial charge in [0.1, 0.15) is 5.69 Å². The molecule has 4 aromatic rings. The average molecular weight is 965 g/mol. The SMILES string of the molecule is C#Cc1cnc(C(=O)Nc2ccc(C3(N4CCN(CC)CC4)CCCC3)nc2C2=CCC(C)(C)CC2)[nH]1.COCCNC1(c2ccc(NC(=O)c3ncc(C)[nH]3)c(C3=CCC(C)(C)CC3)c2)CCCCC1. The molecule has 1 saturated heterocycles. The number of rotatable bonds is 14. The molecule has 1 aliphatic heterocycles. The van der Waals surface area contributed by atoms with Gasteiger partial charge in [0.2, 0.25) is 0 Å². The summed E-state index contributed by atoms with van der Waals surface area (Å²) in [6.45, 7) is 20.5. The van der Waals surface area contributed by atoms with Crippen molar-refractivity contribution in [1.82, 2.24) is 40.0 Å². The highest BCUT2D eigenvalue weighted by Gasteiger charge is 2.44. The smallest absolute Gasteiger partial charge is 0.291 e. The summed E-state index contributed by atoms with van der Waals surface area (Å²) in [5.41, 5.74) is 10.6. The number of amides is 2. The Bertz CT molecular complexity index is 2590. The number of hydrogen-bond acceptors (Lipinski definition) is 9. The van der Waals surface area contributed by atoms with Gasteiger partial charge in [-0.2, -0.15) is 0 Å². The maximum atomic E-state index is 13.1. The van der Waals surface area contributed by atoms with Crippen molar-refractivity contribution in [2.75, 3.05) is 63.6 Å². The molecule has 0 bridgehead atoms. The predicted molar refractivity (Wildman–Crippen MR) is 286 cm³/mol. The van der Waals surface area contributed by atoms with Gasteiger partial charge < -0.3 is 35.6 Å². The quantitative estimate of drug-likeness (QED) is 0.0613. The first-order chi connectivity index (χ1) is 34.1. The van der Waals surface area contributed by atoms with Crippen LogP contribution in [0, 0.1) is 30.1 Å². The molecule has 1 aromatic carbocycles. The van der Waals surface area contributed by atoms with E-state index in [0.29, 0.717) is 23.5 Å². The van der Waals surface area contributed by atoms with Crippen LogP contribution in [0.1, 0.15) is 186 Å².